The minimum absolute atomic E-state index is 0.0473. The number of carbonyl (C=O) groups is 3. The van der Waals surface area contributed by atoms with Crippen LogP contribution in [-0.4, -0.2) is 17.7 Å². The molecule has 0 saturated carbocycles. The van der Waals surface area contributed by atoms with Gasteiger partial charge in [0, 0.05) is 24.1 Å². The number of amides is 3. The summed E-state index contributed by atoms with van der Waals surface area (Å²) >= 11 is 0. The number of hydrogen-bond acceptors (Lipinski definition) is 3. The van der Waals surface area contributed by atoms with Crippen LogP contribution in [0.4, 0.5) is 11.4 Å². The summed E-state index contributed by atoms with van der Waals surface area (Å²) in [7, 11) is 0. The van der Waals surface area contributed by atoms with Crippen LogP contribution in [0.1, 0.15) is 49.5 Å². The van der Waals surface area contributed by atoms with Gasteiger partial charge in [-0.1, -0.05) is 39.0 Å². The molecular formula is C21H22N2O3. The van der Waals surface area contributed by atoms with Crippen molar-refractivity contribution in [2.45, 2.75) is 39.0 Å². The highest BCUT2D eigenvalue weighted by atomic mass is 16.2. The fourth-order valence-corrected chi connectivity index (χ4v) is 2.91. The Morgan fingerprint density at radius 1 is 0.962 bits per heavy atom. The van der Waals surface area contributed by atoms with E-state index in [1.165, 1.54) is 5.56 Å². The van der Waals surface area contributed by atoms with Crippen molar-refractivity contribution in [3.8, 4) is 0 Å². The predicted molar refractivity (Wildman–Crippen MR) is 101 cm³/mol. The Morgan fingerprint density at radius 3 is 2.15 bits per heavy atom. The lowest BCUT2D eigenvalue weighted by Crippen LogP contribution is -2.28. The van der Waals surface area contributed by atoms with Crippen molar-refractivity contribution in [2.75, 3.05) is 10.2 Å². The molecule has 2 aromatic carbocycles. The van der Waals surface area contributed by atoms with Crippen molar-refractivity contribution >= 4 is 29.1 Å². The van der Waals surface area contributed by atoms with Crippen LogP contribution in [-0.2, 0) is 15.0 Å². The summed E-state index contributed by atoms with van der Waals surface area (Å²) in [5.41, 5.74) is 2.76. The fourth-order valence-electron chi connectivity index (χ4n) is 2.91. The zero-order valence-electron chi connectivity index (χ0n) is 15.2. The van der Waals surface area contributed by atoms with Gasteiger partial charge in [-0.25, -0.2) is 0 Å². The Hall–Kier alpha value is -2.95. The fraction of sp³-hybridized carbons (Fsp3) is 0.286. The molecule has 5 nitrogen and oxygen atoms in total. The van der Waals surface area contributed by atoms with E-state index in [0.29, 0.717) is 16.9 Å². The van der Waals surface area contributed by atoms with E-state index in [4.69, 9.17) is 0 Å². The SMILES string of the molecule is CC(C)(C)c1ccc(NC(=O)c2cccc(N3C(=O)CCC3=O)c2)cc1. The van der Waals surface area contributed by atoms with Crippen LogP contribution in [0.15, 0.2) is 48.5 Å². The lowest BCUT2D eigenvalue weighted by atomic mass is 9.87. The maximum atomic E-state index is 12.5. The third kappa shape index (κ3) is 3.67. The van der Waals surface area contributed by atoms with Gasteiger partial charge in [-0.2, -0.15) is 0 Å². The maximum Gasteiger partial charge on any atom is 0.255 e. The second kappa shape index (κ2) is 6.75. The molecule has 3 amide bonds. The number of nitrogens with one attached hydrogen (secondary N) is 1. The van der Waals surface area contributed by atoms with Crippen molar-refractivity contribution in [1.82, 2.24) is 0 Å². The van der Waals surface area contributed by atoms with Crippen LogP contribution in [0, 0.1) is 0 Å². The minimum Gasteiger partial charge on any atom is -0.322 e. The smallest absolute Gasteiger partial charge is 0.255 e. The molecular weight excluding hydrogens is 328 g/mol. The van der Waals surface area contributed by atoms with E-state index in [1.807, 2.05) is 24.3 Å². The van der Waals surface area contributed by atoms with Gasteiger partial charge in [-0.3, -0.25) is 19.3 Å². The summed E-state index contributed by atoms with van der Waals surface area (Å²) < 4.78 is 0. The van der Waals surface area contributed by atoms with Crippen molar-refractivity contribution in [3.05, 3.63) is 59.7 Å². The summed E-state index contributed by atoms with van der Waals surface area (Å²) in [5, 5.41) is 2.85. The molecule has 2 aromatic rings. The van der Waals surface area contributed by atoms with Gasteiger partial charge in [0.05, 0.1) is 5.69 Å². The average Bonchev–Trinajstić information content (AvgIpc) is 2.93. The zero-order valence-corrected chi connectivity index (χ0v) is 15.2. The molecule has 26 heavy (non-hydrogen) atoms. The summed E-state index contributed by atoms with van der Waals surface area (Å²) in [4.78, 5) is 37.4. The largest absolute Gasteiger partial charge is 0.322 e. The Balaban J connectivity index is 1.77. The van der Waals surface area contributed by atoms with Crippen molar-refractivity contribution in [1.29, 1.82) is 0 Å². The minimum atomic E-state index is -0.283. The summed E-state index contributed by atoms with van der Waals surface area (Å²) in [6.07, 6.45) is 0.435. The molecule has 0 radical (unpaired) electrons. The molecule has 1 aliphatic heterocycles. The van der Waals surface area contributed by atoms with Gasteiger partial charge < -0.3 is 5.32 Å². The first-order chi connectivity index (χ1) is 12.3. The van der Waals surface area contributed by atoms with E-state index in [9.17, 15) is 14.4 Å². The number of anilines is 2. The van der Waals surface area contributed by atoms with E-state index in [1.54, 1.807) is 24.3 Å². The number of imide groups is 1. The molecule has 134 valence electrons. The van der Waals surface area contributed by atoms with E-state index in [0.717, 1.165) is 4.90 Å². The van der Waals surface area contributed by atoms with Crippen LogP contribution in [0.25, 0.3) is 0 Å². The lowest BCUT2D eigenvalue weighted by molar-refractivity contribution is -0.121. The molecule has 0 aromatic heterocycles. The normalized spacial score (nSPS) is 14.7. The summed E-state index contributed by atoms with van der Waals surface area (Å²) in [5.74, 6) is -0.745. The first kappa shape index (κ1) is 17.9. The summed E-state index contributed by atoms with van der Waals surface area (Å²) in [6.45, 7) is 6.40. The van der Waals surface area contributed by atoms with Crippen LogP contribution in [0.3, 0.4) is 0 Å². The number of benzene rings is 2. The Kier molecular flexibility index (Phi) is 4.64. The molecule has 0 unspecified atom stereocenters. The molecule has 1 fully saturated rings. The number of rotatable bonds is 3. The second-order valence-corrected chi connectivity index (χ2v) is 7.45. The van der Waals surface area contributed by atoms with Gasteiger partial charge in [-0.15, -0.1) is 0 Å². The Bertz CT molecular complexity index is 848. The molecule has 0 atom stereocenters. The highest BCUT2D eigenvalue weighted by Gasteiger charge is 2.30. The van der Waals surface area contributed by atoms with Crippen molar-refractivity contribution < 1.29 is 14.4 Å². The summed E-state index contributed by atoms with van der Waals surface area (Å²) in [6, 6.07) is 14.3. The van der Waals surface area contributed by atoms with Crippen molar-refractivity contribution in [2.24, 2.45) is 0 Å². The molecule has 1 heterocycles. The van der Waals surface area contributed by atoms with E-state index in [2.05, 4.69) is 26.1 Å². The average molecular weight is 350 g/mol. The molecule has 5 heteroatoms. The van der Waals surface area contributed by atoms with Crippen molar-refractivity contribution in [3.63, 3.8) is 0 Å². The van der Waals surface area contributed by atoms with Crippen LogP contribution in [0.5, 0.6) is 0 Å². The maximum absolute atomic E-state index is 12.5. The Morgan fingerprint density at radius 2 is 1.58 bits per heavy atom. The first-order valence-corrected chi connectivity index (χ1v) is 8.63. The molecule has 3 rings (SSSR count). The second-order valence-electron chi connectivity index (χ2n) is 7.45. The monoisotopic (exact) mass is 350 g/mol. The zero-order chi connectivity index (χ0) is 18.9. The van der Waals surface area contributed by atoms with Gasteiger partial charge >= 0.3 is 0 Å². The van der Waals surface area contributed by atoms with Gasteiger partial charge in [-0.05, 0) is 41.3 Å². The van der Waals surface area contributed by atoms with Crippen LogP contribution in [0.2, 0.25) is 0 Å². The highest BCUT2D eigenvalue weighted by molar-refractivity contribution is 6.20. The Labute approximate surface area is 153 Å². The van der Waals surface area contributed by atoms with Gasteiger partial charge in [0.15, 0.2) is 0 Å². The quantitative estimate of drug-likeness (QED) is 0.854. The molecule has 1 saturated heterocycles. The highest BCUT2D eigenvalue weighted by Crippen LogP contribution is 2.25. The molecule has 0 aliphatic carbocycles. The number of carbonyl (C=O) groups excluding carboxylic acids is 3. The van der Waals surface area contributed by atoms with E-state index < -0.39 is 0 Å². The third-order valence-corrected chi connectivity index (χ3v) is 4.43. The first-order valence-electron chi connectivity index (χ1n) is 8.63. The van der Waals surface area contributed by atoms with Crippen LogP contribution < -0.4 is 10.2 Å². The van der Waals surface area contributed by atoms with Crippen LogP contribution >= 0.6 is 0 Å². The van der Waals surface area contributed by atoms with Gasteiger partial charge in [0.1, 0.15) is 0 Å². The molecule has 1 N–H and O–H groups in total. The molecule has 0 spiro atoms. The van der Waals surface area contributed by atoms with E-state index in [-0.39, 0.29) is 36.0 Å². The number of hydrogen-bond donors (Lipinski definition) is 1. The standard InChI is InChI=1S/C21H22N2O3/c1-21(2,3)15-7-9-16(10-8-15)22-20(26)14-5-4-6-17(13-14)23-18(24)11-12-19(23)25/h4-10,13H,11-12H2,1-3H3,(H,22,26). The lowest BCUT2D eigenvalue weighted by Gasteiger charge is -2.19. The predicted octanol–water partition coefficient (Wildman–Crippen LogP) is 3.89. The van der Waals surface area contributed by atoms with Gasteiger partial charge in [0.2, 0.25) is 11.8 Å². The number of nitrogens with zero attached hydrogens (tertiary/aromatic N) is 1. The third-order valence-electron chi connectivity index (χ3n) is 4.43. The van der Waals surface area contributed by atoms with E-state index >= 15 is 0 Å². The molecule has 1 aliphatic rings. The topological polar surface area (TPSA) is 66.5 Å². The molecule has 0 bridgehead atoms. The van der Waals surface area contributed by atoms with Gasteiger partial charge in [0.25, 0.3) is 5.91 Å².